The SMILES string of the molecule is CC(C)(C)c1cc(-c2ccc(N(c3cc(C(C)(C)C)ccc3-c3ccc(-c4ccccc4)cc3)c3ccc4ccc5c(-n6c7ccccc7c7ccccc76)ccc6ccc3c4c65)cc2)cc(C(C)(C)C)c1. The van der Waals surface area contributed by atoms with Gasteiger partial charge in [-0.25, -0.2) is 0 Å². The molecule has 0 radical (unpaired) electrons. The number of para-hydroxylation sites is 2. The van der Waals surface area contributed by atoms with Crippen molar-refractivity contribution >= 4 is 71.2 Å². The number of rotatable bonds is 7. The molecule has 12 aromatic rings. The monoisotopic (exact) mass is 930 g/mol. The average Bonchev–Trinajstić information content (AvgIpc) is 3.72. The first-order chi connectivity index (χ1) is 34.6. The summed E-state index contributed by atoms with van der Waals surface area (Å²) in [6.07, 6.45) is 0. The van der Waals surface area contributed by atoms with Gasteiger partial charge in [-0.1, -0.05) is 232 Å². The molecular formula is C70H62N2. The van der Waals surface area contributed by atoms with Gasteiger partial charge in [-0.15, -0.1) is 0 Å². The Morgan fingerprint density at radius 2 is 0.806 bits per heavy atom. The molecule has 2 heteroatoms. The van der Waals surface area contributed by atoms with Crippen molar-refractivity contribution in [2.45, 2.75) is 78.6 Å². The number of aromatic nitrogens is 1. The standard InChI is InChI=1S/C70H62N2/c1-68(2,3)52-33-38-56(48-25-23-46(24-26-48)45-17-11-10-12-18-45)65(44-52)71(55-34-27-47(28-35-55)51-41-53(69(4,5)6)43-54(42-51)70(7,8)9)63-39-31-49-30-37-60-64(40-32-50-29-36-59(63)66(49)67(50)60)72-61-21-15-13-19-57(61)58-20-14-16-22-62(58)72/h10-44H,1-9H3. The first kappa shape index (κ1) is 45.2. The fourth-order valence-electron chi connectivity index (χ4n) is 11.1. The molecule has 1 heterocycles. The van der Waals surface area contributed by atoms with Crippen LogP contribution in [0.15, 0.2) is 212 Å². The van der Waals surface area contributed by atoms with Crippen molar-refractivity contribution in [2.24, 2.45) is 0 Å². The molecule has 11 aromatic carbocycles. The lowest BCUT2D eigenvalue weighted by atomic mass is 9.79. The molecule has 0 aliphatic rings. The number of hydrogen-bond acceptors (Lipinski definition) is 1. The van der Waals surface area contributed by atoms with Crippen LogP contribution in [0.25, 0.3) is 93.2 Å². The van der Waals surface area contributed by atoms with E-state index in [1.54, 1.807) is 0 Å². The van der Waals surface area contributed by atoms with Crippen molar-refractivity contribution in [3.05, 3.63) is 229 Å². The molecule has 1 aromatic heterocycles. The highest BCUT2D eigenvalue weighted by Crippen LogP contribution is 2.49. The van der Waals surface area contributed by atoms with Gasteiger partial charge in [0, 0.05) is 32.8 Å². The van der Waals surface area contributed by atoms with Crippen LogP contribution in [0.1, 0.15) is 79.0 Å². The molecule has 0 unspecified atom stereocenters. The Hall–Kier alpha value is -7.94. The highest BCUT2D eigenvalue weighted by atomic mass is 15.1. The summed E-state index contributed by atoms with van der Waals surface area (Å²) in [6.45, 7) is 20.9. The molecule has 2 nitrogen and oxygen atoms in total. The van der Waals surface area contributed by atoms with Gasteiger partial charge in [0.2, 0.25) is 0 Å². The van der Waals surface area contributed by atoms with Gasteiger partial charge in [0.1, 0.15) is 0 Å². The molecule has 0 aliphatic carbocycles. The summed E-state index contributed by atoms with van der Waals surface area (Å²) in [6, 6.07) is 80.0. The molecule has 12 rings (SSSR count). The lowest BCUT2D eigenvalue weighted by molar-refractivity contribution is 0.569. The Labute approximate surface area is 425 Å². The van der Waals surface area contributed by atoms with Gasteiger partial charge >= 0.3 is 0 Å². The number of hydrogen-bond donors (Lipinski definition) is 0. The third-order valence-corrected chi connectivity index (χ3v) is 15.2. The van der Waals surface area contributed by atoms with E-state index in [4.69, 9.17) is 0 Å². The van der Waals surface area contributed by atoms with E-state index in [2.05, 4.69) is 284 Å². The van der Waals surface area contributed by atoms with E-state index in [-0.39, 0.29) is 16.2 Å². The van der Waals surface area contributed by atoms with Crippen LogP contribution in [0, 0.1) is 0 Å². The van der Waals surface area contributed by atoms with E-state index < -0.39 is 0 Å². The van der Waals surface area contributed by atoms with Gasteiger partial charge in [-0.2, -0.15) is 0 Å². The second-order valence-corrected chi connectivity index (χ2v) is 23.1. The van der Waals surface area contributed by atoms with Gasteiger partial charge < -0.3 is 9.47 Å². The molecular weight excluding hydrogens is 869 g/mol. The average molecular weight is 931 g/mol. The van der Waals surface area contributed by atoms with Crippen molar-refractivity contribution < 1.29 is 0 Å². The van der Waals surface area contributed by atoms with E-state index in [1.165, 1.54) is 110 Å². The Morgan fingerprint density at radius 1 is 0.319 bits per heavy atom. The molecule has 0 saturated heterocycles. The molecule has 0 bridgehead atoms. The minimum atomic E-state index is -0.0886. The van der Waals surface area contributed by atoms with E-state index in [9.17, 15) is 0 Å². The molecule has 0 fully saturated rings. The maximum absolute atomic E-state index is 2.55. The lowest BCUT2D eigenvalue weighted by Crippen LogP contribution is -2.16. The highest BCUT2D eigenvalue weighted by molar-refractivity contribution is 6.27. The summed E-state index contributed by atoms with van der Waals surface area (Å²) in [5.41, 5.74) is 18.2. The normalized spacial score (nSPS) is 12.5. The Bertz CT molecular complexity index is 3910. The van der Waals surface area contributed by atoms with Crippen LogP contribution in [-0.2, 0) is 16.2 Å². The third kappa shape index (κ3) is 7.73. The zero-order valence-corrected chi connectivity index (χ0v) is 43.1. The minimum absolute atomic E-state index is 0.0137. The first-order valence-corrected chi connectivity index (χ1v) is 25.7. The van der Waals surface area contributed by atoms with Gasteiger partial charge in [0.25, 0.3) is 0 Å². The van der Waals surface area contributed by atoms with Crippen LogP contribution in [-0.4, -0.2) is 4.57 Å². The van der Waals surface area contributed by atoms with Crippen LogP contribution in [0.5, 0.6) is 0 Å². The van der Waals surface area contributed by atoms with Crippen LogP contribution in [0.4, 0.5) is 17.1 Å². The van der Waals surface area contributed by atoms with Crippen molar-refractivity contribution in [3.63, 3.8) is 0 Å². The first-order valence-electron chi connectivity index (χ1n) is 25.7. The van der Waals surface area contributed by atoms with E-state index in [1.807, 2.05) is 0 Å². The smallest absolute Gasteiger partial charge is 0.0543 e. The quantitative estimate of drug-likeness (QED) is 0.145. The molecule has 0 amide bonds. The molecule has 0 atom stereocenters. The van der Waals surface area contributed by atoms with Gasteiger partial charge in [0.05, 0.1) is 28.1 Å². The van der Waals surface area contributed by atoms with Gasteiger partial charge in [-0.05, 0) is 125 Å². The second-order valence-electron chi connectivity index (χ2n) is 23.1. The van der Waals surface area contributed by atoms with Crippen LogP contribution in [0.3, 0.4) is 0 Å². The summed E-state index contributed by atoms with van der Waals surface area (Å²) in [7, 11) is 0. The van der Waals surface area contributed by atoms with Crippen molar-refractivity contribution in [1.29, 1.82) is 0 Å². The van der Waals surface area contributed by atoms with Crippen LogP contribution < -0.4 is 4.90 Å². The van der Waals surface area contributed by atoms with Gasteiger partial charge in [-0.3, -0.25) is 0 Å². The topological polar surface area (TPSA) is 8.17 Å². The number of anilines is 3. The summed E-state index contributed by atoms with van der Waals surface area (Å²) in [5, 5.41) is 10.0. The number of fused-ring (bicyclic) bond motifs is 3. The van der Waals surface area contributed by atoms with E-state index >= 15 is 0 Å². The fraction of sp³-hybridized carbons (Fsp3) is 0.171. The van der Waals surface area contributed by atoms with Crippen LogP contribution in [0.2, 0.25) is 0 Å². The maximum Gasteiger partial charge on any atom is 0.0543 e. The molecule has 0 saturated carbocycles. The summed E-state index contributed by atoms with van der Waals surface area (Å²) in [4.78, 5) is 2.55. The Morgan fingerprint density at radius 3 is 1.42 bits per heavy atom. The van der Waals surface area contributed by atoms with E-state index in [0.717, 1.165) is 17.1 Å². The summed E-state index contributed by atoms with van der Waals surface area (Å²) >= 11 is 0. The third-order valence-electron chi connectivity index (χ3n) is 15.2. The molecule has 0 spiro atoms. The Balaban J connectivity index is 1.11. The largest absolute Gasteiger partial charge is 0.309 e. The molecule has 352 valence electrons. The van der Waals surface area contributed by atoms with E-state index in [0.29, 0.717) is 0 Å². The highest BCUT2D eigenvalue weighted by Gasteiger charge is 2.26. The van der Waals surface area contributed by atoms with Gasteiger partial charge in [0.15, 0.2) is 0 Å². The summed E-state index contributed by atoms with van der Waals surface area (Å²) < 4.78 is 2.47. The minimum Gasteiger partial charge on any atom is -0.309 e. The number of benzene rings is 11. The van der Waals surface area contributed by atoms with Crippen molar-refractivity contribution in [3.8, 4) is 39.1 Å². The molecule has 0 N–H and O–H groups in total. The predicted octanol–water partition coefficient (Wildman–Crippen LogP) is 20.0. The Kier molecular flexibility index (Phi) is 10.6. The van der Waals surface area contributed by atoms with Crippen molar-refractivity contribution in [2.75, 3.05) is 4.90 Å². The zero-order valence-electron chi connectivity index (χ0n) is 43.1. The van der Waals surface area contributed by atoms with Crippen molar-refractivity contribution in [1.82, 2.24) is 4.57 Å². The predicted molar refractivity (Wildman–Crippen MR) is 312 cm³/mol. The summed E-state index contributed by atoms with van der Waals surface area (Å²) in [5.74, 6) is 0. The lowest BCUT2D eigenvalue weighted by Gasteiger charge is -2.32. The van der Waals surface area contributed by atoms with Crippen LogP contribution >= 0.6 is 0 Å². The fourth-order valence-corrected chi connectivity index (χ4v) is 11.1. The molecule has 0 aliphatic heterocycles. The zero-order chi connectivity index (χ0) is 49.7. The second kappa shape index (κ2) is 16.8. The number of nitrogens with zero attached hydrogens (tertiary/aromatic N) is 2. The maximum atomic E-state index is 2.55. The molecule has 72 heavy (non-hydrogen) atoms.